The molecule has 0 spiro atoms. The maximum atomic E-state index is 13.4. The van der Waals surface area contributed by atoms with Crippen LogP contribution in [0.5, 0.6) is 5.75 Å². The summed E-state index contributed by atoms with van der Waals surface area (Å²) in [5.41, 5.74) is -3.77. The highest BCUT2D eigenvalue weighted by Crippen LogP contribution is 2.41. The fraction of sp³-hybridized carbons (Fsp3) is 0.481. The van der Waals surface area contributed by atoms with Gasteiger partial charge in [-0.05, 0) is 60.4 Å². The molecule has 0 saturated carbocycles. The van der Waals surface area contributed by atoms with E-state index in [1.54, 1.807) is 0 Å². The van der Waals surface area contributed by atoms with Crippen molar-refractivity contribution >= 4 is 17.8 Å². The van der Waals surface area contributed by atoms with Crippen LogP contribution in [0.2, 0.25) is 0 Å². The quantitative estimate of drug-likeness (QED) is 0.293. The summed E-state index contributed by atoms with van der Waals surface area (Å²) in [4.78, 5) is 29.3. The molecule has 238 valence electrons. The van der Waals surface area contributed by atoms with Crippen LogP contribution >= 0.6 is 0 Å². The number of benzene rings is 2. The maximum absolute atomic E-state index is 13.4. The number of rotatable bonds is 7. The Hall–Kier alpha value is -3.85. The molecular formula is C27H28F9N3O4. The number of nitrogens with zero attached hydrogens (tertiary/aromatic N) is 3. The van der Waals surface area contributed by atoms with Gasteiger partial charge in [0.15, 0.2) is 0 Å². The lowest BCUT2D eigenvalue weighted by molar-refractivity contribution is -0.274. The molecule has 3 rings (SSSR count). The summed E-state index contributed by atoms with van der Waals surface area (Å²) in [7, 11) is 2.85. The first-order valence-corrected chi connectivity index (χ1v) is 12.7. The summed E-state index contributed by atoms with van der Waals surface area (Å²) in [5.74, 6) is -0.609. The van der Waals surface area contributed by atoms with E-state index in [2.05, 4.69) is 4.74 Å². The Morgan fingerprint density at radius 1 is 0.953 bits per heavy atom. The van der Waals surface area contributed by atoms with Gasteiger partial charge in [-0.1, -0.05) is 13.8 Å². The molecule has 43 heavy (non-hydrogen) atoms. The Bertz CT molecular complexity index is 1310. The Balaban J connectivity index is 2.02. The van der Waals surface area contributed by atoms with Gasteiger partial charge in [-0.3, -0.25) is 9.80 Å². The molecule has 16 heteroatoms. The zero-order chi connectivity index (χ0) is 32.7. The molecule has 2 atom stereocenters. The molecule has 1 aliphatic rings. The minimum atomic E-state index is -5.14. The number of hydrogen-bond acceptors (Lipinski definition) is 4. The number of alkyl halides is 9. The molecule has 2 aromatic rings. The molecule has 0 aliphatic carbocycles. The van der Waals surface area contributed by atoms with E-state index >= 15 is 0 Å². The second-order valence-electron chi connectivity index (χ2n) is 10.5. The van der Waals surface area contributed by atoms with Gasteiger partial charge in [-0.2, -0.15) is 26.3 Å². The molecule has 3 amide bonds. The molecule has 0 N–H and O–H groups in total. The van der Waals surface area contributed by atoms with E-state index in [1.807, 2.05) is 13.8 Å². The highest BCUT2D eigenvalue weighted by molar-refractivity contribution is 5.92. The van der Waals surface area contributed by atoms with E-state index in [-0.39, 0.29) is 23.2 Å². The van der Waals surface area contributed by atoms with Gasteiger partial charge in [0, 0.05) is 20.6 Å². The minimum Gasteiger partial charge on any atom is -0.439 e. The van der Waals surface area contributed by atoms with Gasteiger partial charge < -0.3 is 14.4 Å². The zero-order valence-corrected chi connectivity index (χ0v) is 23.5. The lowest BCUT2D eigenvalue weighted by atomic mass is 9.97. The van der Waals surface area contributed by atoms with Gasteiger partial charge in [-0.15, -0.1) is 13.2 Å². The monoisotopic (exact) mass is 629 g/mol. The fourth-order valence-electron chi connectivity index (χ4n) is 4.68. The summed E-state index contributed by atoms with van der Waals surface area (Å²) in [6.45, 7) is 4.82. The Kier molecular flexibility index (Phi) is 9.42. The van der Waals surface area contributed by atoms with Crippen LogP contribution in [0.15, 0.2) is 36.4 Å². The molecule has 0 aromatic heterocycles. The number of urea groups is 1. The number of carbonyl (C=O) groups excluding carboxylic acids is 2. The largest absolute Gasteiger partial charge is 0.573 e. The van der Waals surface area contributed by atoms with Crippen molar-refractivity contribution in [2.75, 3.05) is 25.5 Å². The first kappa shape index (κ1) is 33.6. The van der Waals surface area contributed by atoms with Crippen LogP contribution in [0, 0.1) is 5.92 Å². The number of carbonyl (C=O) groups is 2. The van der Waals surface area contributed by atoms with Crippen LogP contribution in [0.3, 0.4) is 0 Å². The van der Waals surface area contributed by atoms with E-state index in [0.717, 1.165) is 28.0 Å². The van der Waals surface area contributed by atoms with E-state index in [9.17, 15) is 49.1 Å². The smallest absolute Gasteiger partial charge is 0.439 e. The molecule has 1 aliphatic heterocycles. The van der Waals surface area contributed by atoms with Crippen molar-refractivity contribution in [3.8, 4) is 5.75 Å². The third kappa shape index (κ3) is 8.16. The van der Waals surface area contributed by atoms with E-state index < -0.39 is 72.0 Å². The average Bonchev–Trinajstić information content (AvgIpc) is 3.13. The van der Waals surface area contributed by atoms with Gasteiger partial charge in [0.1, 0.15) is 11.9 Å². The number of ether oxygens (including phenoxy) is 2. The fourth-order valence-corrected chi connectivity index (χ4v) is 4.68. The molecule has 1 saturated heterocycles. The second-order valence-corrected chi connectivity index (χ2v) is 10.5. The van der Waals surface area contributed by atoms with Gasteiger partial charge in [0.2, 0.25) is 0 Å². The Morgan fingerprint density at radius 3 is 2.00 bits per heavy atom. The lowest BCUT2D eigenvalue weighted by Gasteiger charge is -2.29. The van der Waals surface area contributed by atoms with Crippen LogP contribution in [0.4, 0.5) is 54.8 Å². The summed E-state index contributed by atoms with van der Waals surface area (Å²) in [5, 5.41) is 0. The van der Waals surface area contributed by atoms with Crippen LogP contribution in [0.25, 0.3) is 0 Å². The third-order valence-electron chi connectivity index (χ3n) is 6.57. The van der Waals surface area contributed by atoms with Crippen molar-refractivity contribution in [1.29, 1.82) is 0 Å². The summed E-state index contributed by atoms with van der Waals surface area (Å²) >= 11 is 0. The molecule has 0 unspecified atom stereocenters. The van der Waals surface area contributed by atoms with Crippen LogP contribution in [0.1, 0.15) is 49.1 Å². The number of halogens is 9. The predicted molar refractivity (Wildman–Crippen MR) is 135 cm³/mol. The normalized spacial score (nSPS) is 17.7. The van der Waals surface area contributed by atoms with Crippen molar-refractivity contribution in [2.45, 2.75) is 58.2 Å². The summed E-state index contributed by atoms with van der Waals surface area (Å²) in [6, 6.07) is 2.12. The van der Waals surface area contributed by atoms with Gasteiger partial charge in [0.05, 0.1) is 29.4 Å². The second kappa shape index (κ2) is 12.0. The first-order valence-electron chi connectivity index (χ1n) is 12.7. The van der Waals surface area contributed by atoms with Crippen LogP contribution in [-0.2, 0) is 23.6 Å². The van der Waals surface area contributed by atoms with Crippen molar-refractivity contribution < 1.29 is 58.6 Å². The molecule has 7 nitrogen and oxygen atoms in total. The average molecular weight is 630 g/mol. The lowest BCUT2D eigenvalue weighted by Crippen LogP contribution is -2.41. The third-order valence-corrected chi connectivity index (χ3v) is 6.57. The van der Waals surface area contributed by atoms with Gasteiger partial charge in [0.25, 0.3) is 0 Å². The standard InChI is InChI=1S/C27H28F9N3O4/c1-14(2)12-37(4)23(40)38(5)21-7-6-20(43-27(34,35)36)10-17(21)13-39-15(3)22(42-24(39)41)16-8-18(25(28,29)30)11-19(9-16)26(31,32)33/h6-11,14-15,22H,12-13H2,1-5H3/t15-,22-/m0/s1. The molecule has 2 aromatic carbocycles. The number of amides is 3. The van der Waals surface area contributed by atoms with Crippen molar-refractivity contribution in [3.63, 3.8) is 0 Å². The number of hydrogen-bond donors (Lipinski definition) is 0. The van der Waals surface area contributed by atoms with Gasteiger partial charge >= 0.3 is 30.8 Å². The van der Waals surface area contributed by atoms with E-state index in [0.29, 0.717) is 18.7 Å². The minimum absolute atomic E-state index is 0.0416. The van der Waals surface area contributed by atoms with E-state index in [1.165, 1.54) is 25.9 Å². The van der Waals surface area contributed by atoms with Gasteiger partial charge in [-0.25, -0.2) is 9.59 Å². The SMILES string of the molecule is CC(C)CN(C)C(=O)N(C)c1ccc(OC(F)(F)F)cc1CN1C(=O)O[C@H](c2cc(C(F)(F)F)cc(C(F)(F)F)c2)[C@@H]1C. The molecule has 0 radical (unpaired) electrons. The topological polar surface area (TPSA) is 62.3 Å². The summed E-state index contributed by atoms with van der Waals surface area (Å²) < 4.78 is 128. The highest BCUT2D eigenvalue weighted by atomic mass is 19.4. The van der Waals surface area contributed by atoms with Crippen LogP contribution < -0.4 is 9.64 Å². The van der Waals surface area contributed by atoms with Crippen molar-refractivity contribution in [3.05, 3.63) is 58.7 Å². The summed E-state index contributed by atoms with van der Waals surface area (Å²) in [6.07, 6.45) is -18.1. The van der Waals surface area contributed by atoms with Crippen molar-refractivity contribution in [1.82, 2.24) is 9.80 Å². The molecule has 0 bridgehead atoms. The van der Waals surface area contributed by atoms with Crippen molar-refractivity contribution in [2.24, 2.45) is 5.92 Å². The zero-order valence-electron chi connectivity index (χ0n) is 23.5. The Morgan fingerprint density at radius 2 is 1.51 bits per heavy atom. The Labute approximate surface area is 240 Å². The molecular weight excluding hydrogens is 601 g/mol. The van der Waals surface area contributed by atoms with E-state index in [4.69, 9.17) is 4.74 Å². The molecule has 1 heterocycles. The predicted octanol–water partition coefficient (Wildman–Crippen LogP) is 7.85. The van der Waals surface area contributed by atoms with Crippen LogP contribution in [-0.4, -0.2) is 55.0 Å². The first-order chi connectivity index (χ1) is 19.6. The number of cyclic esters (lactones) is 1. The maximum Gasteiger partial charge on any atom is 0.573 e. The molecule has 1 fully saturated rings. The number of anilines is 1. The highest BCUT2D eigenvalue weighted by Gasteiger charge is 2.43.